The Morgan fingerprint density at radius 1 is 1.00 bits per heavy atom. The first-order chi connectivity index (χ1) is 11.3. The normalized spacial score (nSPS) is 16.5. The van der Waals surface area contributed by atoms with Gasteiger partial charge in [-0.25, -0.2) is 0 Å². The van der Waals surface area contributed by atoms with Crippen molar-refractivity contribution in [2.75, 3.05) is 7.05 Å². The maximum absolute atomic E-state index is 12.4. The second-order valence-corrected chi connectivity index (χ2v) is 5.62. The van der Waals surface area contributed by atoms with E-state index in [-0.39, 0.29) is 11.9 Å². The topological polar surface area (TPSA) is 46.1 Å². The predicted octanol–water partition coefficient (Wildman–Crippen LogP) is 3.32. The Morgan fingerprint density at radius 2 is 1.78 bits per heavy atom. The molecule has 0 N–H and O–H groups in total. The fourth-order valence-electron chi connectivity index (χ4n) is 3.13. The molecular formula is C19H15N3O. The third kappa shape index (κ3) is 2.19. The summed E-state index contributed by atoms with van der Waals surface area (Å²) in [5, 5.41) is 0. The van der Waals surface area contributed by atoms with Crippen molar-refractivity contribution in [1.29, 1.82) is 0 Å². The second-order valence-electron chi connectivity index (χ2n) is 5.62. The smallest absolute Gasteiger partial charge is 0.254 e. The van der Waals surface area contributed by atoms with Crippen LogP contribution in [0.2, 0.25) is 0 Å². The van der Waals surface area contributed by atoms with Crippen molar-refractivity contribution in [2.24, 2.45) is 0 Å². The molecule has 4 nitrogen and oxygen atoms in total. The average Bonchev–Trinajstić information content (AvgIpc) is 2.87. The Hall–Kier alpha value is -3.01. The molecule has 4 rings (SSSR count). The zero-order chi connectivity index (χ0) is 15.8. The van der Waals surface area contributed by atoms with Crippen LogP contribution in [0.5, 0.6) is 0 Å². The molecule has 1 aliphatic heterocycles. The van der Waals surface area contributed by atoms with E-state index in [9.17, 15) is 4.79 Å². The lowest BCUT2D eigenvalue weighted by atomic mass is 9.97. The zero-order valence-corrected chi connectivity index (χ0v) is 12.7. The van der Waals surface area contributed by atoms with Crippen molar-refractivity contribution in [3.05, 3.63) is 83.8 Å². The molecule has 0 spiro atoms. The molecule has 3 aromatic rings. The lowest BCUT2D eigenvalue weighted by Crippen LogP contribution is -2.23. The van der Waals surface area contributed by atoms with Gasteiger partial charge < -0.3 is 4.90 Å². The van der Waals surface area contributed by atoms with E-state index < -0.39 is 0 Å². The number of benzene rings is 2. The van der Waals surface area contributed by atoms with Crippen LogP contribution in [0.25, 0.3) is 11.3 Å². The van der Waals surface area contributed by atoms with Crippen molar-refractivity contribution >= 4 is 5.91 Å². The Balaban J connectivity index is 1.73. The number of nitrogens with zero attached hydrogens (tertiary/aromatic N) is 3. The zero-order valence-electron chi connectivity index (χ0n) is 12.7. The van der Waals surface area contributed by atoms with Gasteiger partial charge in [-0.1, -0.05) is 42.5 Å². The van der Waals surface area contributed by atoms with Gasteiger partial charge in [-0.05, 0) is 17.2 Å². The van der Waals surface area contributed by atoms with Crippen LogP contribution in [-0.2, 0) is 0 Å². The molecule has 23 heavy (non-hydrogen) atoms. The van der Waals surface area contributed by atoms with Gasteiger partial charge in [0.2, 0.25) is 0 Å². The summed E-state index contributed by atoms with van der Waals surface area (Å²) in [5.41, 5.74) is 4.81. The quantitative estimate of drug-likeness (QED) is 0.729. The highest BCUT2D eigenvalue weighted by atomic mass is 16.2. The summed E-state index contributed by atoms with van der Waals surface area (Å²) >= 11 is 0. The van der Waals surface area contributed by atoms with E-state index in [1.54, 1.807) is 23.5 Å². The molecule has 1 atom stereocenters. The van der Waals surface area contributed by atoms with Crippen LogP contribution in [0.15, 0.2) is 67.1 Å². The molecule has 0 radical (unpaired) electrons. The first-order valence-corrected chi connectivity index (χ1v) is 7.48. The van der Waals surface area contributed by atoms with Gasteiger partial charge in [-0.2, -0.15) is 0 Å². The molecule has 2 heterocycles. The standard InChI is InChI=1S/C19H15N3O/c1-22-18(15-4-2-3-5-16(15)19(22)23)14-8-6-13(7-9-14)17-12-20-10-11-21-17/h2-12,18H,1H3. The van der Waals surface area contributed by atoms with Crippen LogP contribution in [0.3, 0.4) is 0 Å². The molecule has 1 amide bonds. The van der Waals surface area contributed by atoms with E-state index in [1.807, 2.05) is 43.4 Å². The number of carbonyl (C=O) groups excluding carboxylic acids is 1. The van der Waals surface area contributed by atoms with Crippen molar-refractivity contribution in [3.63, 3.8) is 0 Å². The summed E-state index contributed by atoms with van der Waals surface area (Å²) in [6.07, 6.45) is 5.09. The molecular weight excluding hydrogens is 286 g/mol. The summed E-state index contributed by atoms with van der Waals surface area (Å²) in [4.78, 5) is 22.6. The van der Waals surface area contributed by atoms with Crippen LogP contribution >= 0.6 is 0 Å². The van der Waals surface area contributed by atoms with Crippen LogP contribution in [-0.4, -0.2) is 27.8 Å². The fourth-order valence-corrected chi connectivity index (χ4v) is 3.13. The van der Waals surface area contributed by atoms with Gasteiger partial charge in [0.25, 0.3) is 5.91 Å². The number of hydrogen-bond acceptors (Lipinski definition) is 3. The van der Waals surface area contributed by atoms with Crippen molar-refractivity contribution in [3.8, 4) is 11.3 Å². The van der Waals surface area contributed by atoms with Gasteiger partial charge in [0.1, 0.15) is 0 Å². The Bertz CT molecular complexity index is 859. The number of hydrogen-bond donors (Lipinski definition) is 0. The third-order valence-electron chi connectivity index (χ3n) is 4.28. The Kier molecular flexibility index (Phi) is 3.15. The van der Waals surface area contributed by atoms with Gasteiger partial charge in [0, 0.05) is 30.6 Å². The number of carbonyl (C=O) groups is 1. The van der Waals surface area contributed by atoms with Gasteiger partial charge in [-0.15, -0.1) is 0 Å². The SMILES string of the molecule is CN1C(=O)c2ccccc2C1c1ccc(-c2cnccn2)cc1. The molecule has 1 aromatic heterocycles. The summed E-state index contributed by atoms with van der Waals surface area (Å²) < 4.78 is 0. The minimum absolute atomic E-state index is 0.0328. The minimum Gasteiger partial charge on any atom is -0.331 e. The van der Waals surface area contributed by atoms with E-state index in [4.69, 9.17) is 0 Å². The summed E-state index contributed by atoms with van der Waals surface area (Å²) in [5.74, 6) is 0.0728. The van der Waals surface area contributed by atoms with Crippen LogP contribution < -0.4 is 0 Å². The first-order valence-electron chi connectivity index (χ1n) is 7.48. The van der Waals surface area contributed by atoms with Crippen LogP contribution in [0.1, 0.15) is 27.5 Å². The number of amides is 1. The maximum atomic E-state index is 12.4. The molecule has 0 saturated carbocycles. The van der Waals surface area contributed by atoms with Crippen molar-refractivity contribution in [1.82, 2.24) is 14.9 Å². The monoisotopic (exact) mass is 301 g/mol. The van der Waals surface area contributed by atoms with E-state index in [0.717, 1.165) is 27.9 Å². The third-order valence-corrected chi connectivity index (χ3v) is 4.28. The van der Waals surface area contributed by atoms with Gasteiger partial charge in [0.05, 0.1) is 17.9 Å². The highest BCUT2D eigenvalue weighted by Crippen LogP contribution is 2.37. The first kappa shape index (κ1) is 13.6. The summed E-state index contributed by atoms with van der Waals surface area (Å²) in [6, 6.07) is 15.9. The lowest BCUT2D eigenvalue weighted by molar-refractivity contribution is 0.0793. The Labute approximate surface area is 134 Å². The second kappa shape index (κ2) is 5.32. The van der Waals surface area contributed by atoms with Crippen LogP contribution in [0, 0.1) is 0 Å². The van der Waals surface area contributed by atoms with E-state index in [1.165, 1.54) is 0 Å². The number of aromatic nitrogens is 2. The van der Waals surface area contributed by atoms with E-state index in [0.29, 0.717) is 0 Å². The van der Waals surface area contributed by atoms with E-state index >= 15 is 0 Å². The predicted molar refractivity (Wildman–Crippen MR) is 87.8 cm³/mol. The molecule has 0 aliphatic carbocycles. The fraction of sp³-hybridized carbons (Fsp3) is 0.105. The molecule has 2 aromatic carbocycles. The molecule has 4 heteroatoms. The largest absolute Gasteiger partial charge is 0.331 e. The minimum atomic E-state index is -0.0328. The Morgan fingerprint density at radius 3 is 2.52 bits per heavy atom. The highest BCUT2D eigenvalue weighted by Gasteiger charge is 2.34. The number of fused-ring (bicyclic) bond motifs is 1. The molecule has 0 fully saturated rings. The molecule has 1 aliphatic rings. The average molecular weight is 301 g/mol. The highest BCUT2D eigenvalue weighted by molar-refractivity contribution is 5.99. The van der Waals surface area contributed by atoms with Gasteiger partial charge >= 0.3 is 0 Å². The van der Waals surface area contributed by atoms with E-state index in [2.05, 4.69) is 22.1 Å². The lowest BCUT2D eigenvalue weighted by Gasteiger charge is -2.21. The molecule has 112 valence electrons. The maximum Gasteiger partial charge on any atom is 0.254 e. The summed E-state index contributed by atoms with van der Waals surface area (Å²) in [6.45, 7) is 0. The number of rotatable bonds is 2. The van der Waals surface area contributed by atoms with Crippen molar-refractivity contribution in [2.45, 2.75) is 6.04 Å². The van der Waals surface area contributed by atoms with Gasteiger partial charge in [-0.3, -0.25) is 14.8 Å². The summed E-state index contributed by atoms with van der Waals surface area (Å²) in [7, 11) is 1.85. The van der Waals surface area contributed by atoms with Gasteiger partial charge in [0.15, 0.2) is 0 Å². The molecule has 0 bridgehead atoms. The van der Waals surface area contributed by atoms with Crippen LogP contribution in [0.4, 0.5) is 0 Å². The molecule has 1 unspecified atom stereocenters. The molecule has 0 saturated heterocycles. The van der Waals surface area contributed by atoms with Crippen molar-refractivity contribution < 1.29 is 4.79 Å².